The topological polar surface area (TPSA) is 111 Å². The van der Waals surface area contributed by atoms with E-state index in [1.807, 2.05) is 10.8 Å². The fraction of sp³-hybridized carbons (Fsp3) is 0.292. The molecule has 0 radical (unpaired) electrons. The van der Waals surface area contributed by atoms with E-state index in [1.54, 1.807) is 31.5 Å². The Balaban J connectivity index is 1.50. The van der Waals surface area contributed by atoms with E-state index < -0.39 is 5.41 Å². The first-order valence-electron chi connectivity index (χ1n) is 10.9. The lowest BCUT2D eigenvalue weighted by Gasteiger charge is -2.26. The Bertz CT molecular complexity index is 1280. The second-order valence-corrected chi connectivity index (χ2v) is 8.50. The second-order valence-electron chi connectivity index (χ2n) is 8.50. The number of carbonyl (C=O) groups excluding carboxylic acids is 1. The lowest BCUT2D eigenvalue weighted by atomic mass is 9.78. The fourth-order valence-electron chi connectivity index (χ4n) is 4.46. The smallest absolute Gasteiger partial charge is 0.240 e. The van der Waals surface area contributed by atoms with Gasteiger partial charge in [0.05, 0.1) is 17.8 Å². The third kappa shape index (κ3) is 3.40. The average molecular weight is 446 g/mol. The van der Waals surface area contributed by atoms with Crippen LogP contribution in [0.25, 0.3) is 6.20 Å². The van der Waals surface area contributed by atoms with Crippen molar-refractivity contribution in [2.45, 2.75) is 38.1 Å². The number of hydrogen-bond acceptors (Lipinski definition) is 6. The molecule has 1 aliphatic carbocycles. The molecule has 0 spiro atoms. The number of nitrogens with two attached hydrogens (primary N) is 1. The summed E-state index contributed by atoms with van der Waals surface area (Å²) in [7, 11) is 0. The molecule has 1 aliphatic heterocycles. The van der Waals surface area contributed by atoms with Gasteiger partial charge in [0.1, 0.15) is 22.9 Å². The number of imidazole rings is 1. The van der Waals surface area contributed by atoms with Gasteiger partial charge in [-0.05, 0) is 37.5 Å². The van der Waals surface area contributed by atoms with Gasteiger partial charge in [0, 0.05) is 24.5 Å². The number of hydrogen-bond donors (Lipinski definition) is 2. The first-order valence-corrected chi connectivity index (χ1v) is 10.9. The SMILES string of the molecule is C=Cn1ccnc1/C(=N\Cc1nc(N)c2c(n1)NC(=O)C2(C)c1ccc(F)cc1)C1CCC1. The molecule has 5 rings (SSSR count). The van der Waals surface area contributed by atoms with E-state index in [1.165, 1.54) is 12.1 Å². The van der Waals surface area contributed by atoms with Crippen LogP contribution in [0.4, 0.5) is 16.0 Å². The van der Waals surface area contributed by atoms with Crippen LogP contribution < -0.4 is 11.1 Å². The zero-order chi connectivity index (χ0) is 23.2. The molecule has 1 atom stereocenters. The van der Waals surface area contributed by atoms with Crippen LogP contribution in [-0.2, 0) is 16.8 Å². The van der Waals surface area contributed by atoms with Gasteiger partial charge in [-0.2, -0.15) is 0 Å². The Morgan fingerprint density at radius 2 is 2.12 bits per heavy atom. The minimum atomic E-state index is -1.11. The van der Waals surface area contributed by atoms with Crippen LogP contribution >= 0.6 is 0 Å². The van der Waals surface area contributed by atoms with Gasteiger partial charge in [-0.15, -0.1) is 0 Å². The highest BCUT2D eigenvalue weighted by Gasteiger charge is 2.47. The number of amides is 1. The Labute approximate surface area is 190 Å². The molecule has 9 heteroatoms. The molecule has 0 bridgehead atoms. The van der Waals surface area contributed by atoms with Crippen LogP contribution in [0.1, 0.15) is 49.0 Å². The summed E-state index contributed by atoms with van der Waals surface area (Å²) in [6, 6.07) is 5.80. The molecule has 0 saturated heterocycles. The van der Waals surface area contributed by atoms with E-state index >= 15 is 0 Å². The molecule has 3 aromatic rings. The summed E-state index contributed by atoms with van der Waals surface area (Å²) in [6.07, 6.45) is 8.54. The molecular formula is C24H24FN7O. The van der Waals surface area contributed by atoms with Crippen molar-refractivity contribution >= 4 is 29.5 Å². The molecule has 2 aliphatic rings. The van der Waals surface area contributed by atoms with Crippen LogP contribution in [0.2, 0.25) is 0 Å². The van der Waals surface area contributed by atoms with Gasteiger partial charge in [0.2, 0.25) is 5.91 Å². The number of fused-ring (bicyclic) bond motifs is 1. The van der Waals surface area contributed by atoms with Gasteiger partial charge < -0.3 is 15.6 Å². The van der Waals surface area contributed by atoms with Gasteiger partial charge >= 0.3 is 0 Å². The van der Waals surface area contributed by atoms with Crippen molar-refractivity contribution < 1.29 is 9.18 Å². The first kappa shape index (κ1) is 21.0. The number of nitrogens with zero attached hydrogens (tertiary/aromatic N) is 5. The average Bonchev–Trinajstić information content (AvgIpc) is 3.33. The Morgan fingerprint density at radius 3 is 2.79 bits per heavy atom. The zero-order valence-electron chi connectivity index (χ0n) is 18.3. The Hall–Kier alpha value is -3.88. The molecule has 1 amide bonds. The van der Waals surface area contributed by atoms with Crippen LogP contribution in [0.3, 0.4) is 0 Å². The van der Waals surface area contributed by atoms with E-state index in [9.17, 15) is 9.18 Å². The molecule has 1 saturated carbocycles. The molecule has 3 N–H and O–H groups in total. The number of halogens is 1. The lowest BCUT2D eigenvalue weighted by molar-refractivity contribution is -0.119. The number of nitrogens with one attached hydrogen (secondary N) is 1. The molecule has 3 heterocycles. The van der Waals surface area contributed by atoms with Crippen LogP contribution in [0.5, 0.6) is 0 Å². The number of carbonyl (C=O) groups is 1. The predicted octanol–water partition coefficient (Wildman–Crippen LogP) is 3.54. The van der Waals surface area contributed by atoms with Crippen LogP contribution in [-0.4, -0.2) is 31.1 Å². The Kier molecular flexibility index (Phi) is 5.03. The summed E-state index contributed by atoms with van der Waals surface area (Å²) in [5.41, 5.74) is 7.22. The quantitative estimate of drug-likeness (QED) is 0.564. The van der Waals surface area contributed by atoms with Gasteiger partial charge in [0.25, 0.3) is 0 Å². The van der Waals surface area contributed by atoms with Crippen molar-refractivity contribution in [1.82, 2.24) is 19.5 Å². The normalized spacial score (nSPS) is 20.3. The van der Waals surface area contributed by atoms with Crippen molar-refractivity contribution in [2.75, 3.05) is 11.1 Å². The van der Waals surface area contributed by atoms with Gasteiger partial charge in [-0.3, -0.25) is 9.79 Å². The predicted molar refractivity (Wildman–Crippen MR) is 124 cm³/mol. The Morgan fingerprint density at radius 1 is 1.36 bits per heavy atom. The summed E-state index contributed by atoms with van der Waals surface area (Å²) in [4.78, 5) is 31.2. The van der Waals surface area contributed by atoms with Gasteiger partial charge in [-0.25, -0.2) is 19.3 Å². The minimum Gasteiger partial charge on any atom is -0.383 e. The number of benzene rings is 1. The number of rotatable bonds is 6. The third-order valence-corrected chi connectivity index (χ3v) is 6.57. The molecular weight excluding hydrogens is 421 g/mol. The fourth-order valence-corrected chi connectivity index (χ4v) is 4.46. The maximum atomic E-state index is 13.4. The van der Waals surface area contributed by atoms with E-state index in [2.05, 4.69) is 26.8 Å². The van der Waals surface area contributed by atoms with Gasteiger partial charge in [0.15, 0.2) is 11.6 Å². The van der Waals surface area contributed by atoms with E-state index in [0.717, 1.165) is 30.8 Å². The van der Waals surface area contributed by atoms with Crippen molar-refractivity contribution in [2.24, 2.45) is 10.9 Å². The van der Waals surface area contributed by atoms with Crippen LogP contribution in [0, 0.1) is 11.7 Å². The van der Waals surface area contributed by atoms with E-state index in [0.29, 0.717) is 28.7 Å². The second kappa shape index (κ2) is 7.91. The van der Waals surface area contributed by atoms with E-state index in [-0.39, 0.29) is 24.1 Å². The summed E-state index contributed by atoms with van der Waals surface area (Å²) in [6.45, 7) is 5.78. The zero-order valence-corrected chi connectivity index (χ0v) is 18.3. The highest BCUT2D eigenvalue weighted by molar-refractivity contribution is 6.08. The highest BCUT2D eigenvalue weighted by atomic mass is 19.1. The highest BCUT2D eigenvalue weighted by Crippen LogP contribution is 2.44. The third-order valence-electron chi connectivity index (χ3n) is 6.57. The maximum absolute atomic E-state index is 13.4. The van der Waals surface area contributed by atoms with Gasteiger partial charge in [-0.1, -0.05) is 25.1 Å². The van der Waals surface area contributed by atoms with Crippen molar-refractivity contribution in [3.05, 3.63) is 71.8 Å². The molecule has 8 nitrogen and oxygen atoms in total. The summed E-state index contributed by atoms with van der Waals surface area (Å²) in [5, 5.41) is 2.82. The molecule has 1 fully saturated rings. The number of anilines is 2. The van der Waals surface area contributed by atoms with Crippen molar-refractivity contribution in [3.8, 4) is 0 Å². The maximum Gasteiger partial charge on any atom is 0.240 e. The van der Waals surface area contributed by atoms with E-state index in [4.69, 9.17) is 10.7 Å². The molecule has 2 aromatic heterocycles. The standard InChI is InChI=1S/C24H24FN7O/c1-3-32-12-11-27-22(32)19(14-5-4-6-14)28-13-17-29-20(26)18-21(30-17)31-23(33)24(18,2)15-7-9-16(25)10-8-15/h3,7-12,14H,1,4-6,13H2,2H3,(H3,26,29,30,31,33)/b28-19-. The number of aliphatic imine (C=N–C) groups is 1. The largest absolute Gasteiger partial charge is 0.383 e. The molecule has 1 unspecified atom stereocenters. The summed E-state index contributed by atoms with van der Waals surface area (Å²) >= 11 is 0. The van der Waals surface area contributed by atoms with Crippen molar-refractivity contribution in [3.63, 3.8) is 0 Å². The number of aromatic nitrogens is 4. The van der Waals surface area contributed by atoms with Crippen LogP contribution in [0.15, 0.2) is 48.2 Å². The number of nitrogen functional groups attached to an aromatic ring is 1. The molecule has 1 aromatic carbocycles. The minimum absolute atomic E-state index is 0.202. The summed E-state index contributed by atoms with van der Waals surface area (Å²) in [5.74, 6) is 1.41. The summed E-state index contributed by atoms with van der Waals surface area (Å²) < 4.78 is 15.3. The first-order chi connectivity index (χ1) is 15.9. The van der Waals surface area contributed by atoms with Crippen molar-refractivity contribution in [1.29, 1.82) is 0 Å². The molecule has 168 valence electrons. The molecule has 33 heavy (non-hydrogen) atoms. The monoisotopic (exact) mass is 445 g/mol. The lowest BCUT2D eigenvalue weighted by Crippen LogP contribution is -2.33.